The molecule has 1 aliphatic carbocycles. The van der Waals surface area contributed by atoms with Crippen molar-refractivity contribution in [2.24, 2.45) is 5.73 Å². The Kier molecular flexibility index (Phi) is 3.76. The van der Waals surface area contributed by atoms with Crippen molar-refractivity contribution in [3.8, 4) is 11.5 Å². The van der Waals surface area contributed by atoms with Crippen molar-refractivity contribution in [2.45, 2.75) is 37.4 Å². The van der Waals surface area contributed by atoms with Crippen LogP contribution in [0.1, 0.15) is 31.2 Å². The van der Waals surface area contributed by atoms with Crippen molar-refractivity contribution < 1.29 is 13.9 Å². The Balaban J connectivity index is 2.27. The van der Waals surface area contributed by atoms with Gasteiger partial charge in [-0.2, -0.15) is 0 Å². The lowest BCUT2D eigenvalue weighted by Gasteiger charge is -2.33. The summed E-state index contributed by atoms with van der Waals surface area (Å²) in [4.78, 5) is 0. The van der Waals surface area contributed by atoms with Gasteiger partial charge in [-0.3, -0.25) is 0 Å². The second-order valence-electron chi connectivity index (χ2n) is 4.87. The maximum absolute atomic E-state index is 14.9. The van der Waals surface area contributed by atoms with Gasteiger partial charge < -0.3 is 15.2 Å². The van der Waals surface area contributed by atoms with Crippen LogP contribution in [0.5, 0.6) is 11.5 Å². The van der Waals surface area contributed by atoms with Gasteiger partial charge in [0.2, 0.25) is 0 Å². The van der Waals surface area contributed by atoms with Gasteiger partial charge in [0, 0.05) is 6.04 Å². The topological polar surface area (TPSA) is 44.5 Å². The third-order valence-corrected chi connectivity index (χ3v) is 3.72. The van der Waals surface area contributed by atoms with E-state index in [4.69, 9.17) is 15.2 Å². The molecule has 0 amide bonds. The maximum Gasteiger partial charge on any atom is 0.161 e. The zero-order valence-corrected chi connectivity index (χ0v) is 10.9. The highest BCUT2D eigenvalue weighted by molar-refractivity contribution is 5.44. The summed E-state index contributed by atoms with van der Waals surface area (Å²) in [6.07, 6.45) is 2.41. The van der Waals surface area contributed by atoms with Crippen LogP contribution in [0.25, 0.3) is 0 Å². The van der Waals surface area contributed by atoms with E-state index < -0.39 is 5.67 Å². The molecule has 1 aliphatic rings. The highest BCUT2D eigenvalue weighted by Gasteiger charge is 2.36. The summed E-state index contributed by atoms with van der Waals surface area (Å²) in [6, 6.07) is 5.40. The SMILES string of the molecule is COc1ccc(C2(F)CCC(N)CC2)cc1OC. The monoisotopic (exact) mass is 253 g/mol. The number of alkyl halides is 1. The molecule has 2 N–H and O–H groups in total. The lowest BCUT2D eigenvalue weighted by Crippen LogP contribution is -2.33. The first-order valence-electron chi connectivity index (χ1n) is 6.26. The van der Waals surface area contributed by atoms with Crippen LogP contribution < -0.4 is 15.2 Å². The smallest absolute Gasteiger partial charge is 0.161 e. The fourth-order valence-electron chi connectivity index (χ4n) is 2.50. The largest absolute Gasteiger partial charge is 0.493 e. The van der Waals surface area contributed by atoms with Crippen molar-refractivity contribution >= 4 is 0 Å². The van der Waals surface area contributed by atoms with Crippen molar-refractivity contribution in [1.29, 1.82) is 0 Å². The van der Waals surface area contributed by atoms with E-state index in [2.05, 4.69) is 0 Å². The third kappa shape index (κ3) is 2.43. The van der Waals surface area contributed by atoms with Gasteiger partial charge in [-0.15, -0.1) is 0 Å². The molecule has 100 valence electrons. The van der Waals surface area contributed by atoms with Crippen LogP contribution in [-0.4, -0.2) is 20.3 Å². The summed E-state index contributed by atoms with van der Waals surface area (Å²) in [5.74, 6) is 1.19. The number of ether oxygens (including phenoxy) is 2. The van der Waals surface area contributed by atoms with Gasteiger partial charge in [0.25, 0.3) is 0 Å². The first-order chi connectivity index (χ1) is 8.59. The van der Waals surface area contributed by atoms with Gasteiger partial charge in [0.05, 0.1) is 14.2 Å². The zero-order valence-electron chi connectivity index (χ0n) is 10.9. The maximum atomic E-state index is 14.9. The normalized spacial score (nSPS) is 27.9. The third-order valence-electron chi connectivity index (χ3n) is 3.72. The second-order valence-corrected chi connectivity index (χ2v) is 4.87. The van der Waals surface area contributed by atoms with Gasteiger partial charge in [0.15, 0.2) is 11.5 Å². The Morgan fingerprint density at radius 2 is 1.78 bits per heavy atom. The molecule has 3 nitrogen and oxygen atoms in total. The van der Waals surface area contributed by atoms with E-state index in [1.54, 1.807) is 32.4 Å². The number of benzene rings is 1. The number of methoxy groups -OCH3 is 2. The minimum absolute atomic E-state index is 0.133. The van der Waals surface area contributed by atoms with Crippen molar-refractivity contribution in [3.63, 3.8) is 0 Å². The molecule has 1 fully saturated rings. The summed E-state index contributed by atoms with van der Waals surface area (Å²) in [7, 11) is 3.13. The predicted molar refractivity (Wildman–Crippen MR) is 68.8 cm³/mol. The van der Waals surface area contributed by atoms with Crippen LogP contribution >= 0.6 is 0 Å². The summed E-state index contributed by atoms with van der Waals surface area (Å²) >= 11 is 0. The highest BCUT2D eigenvalue weighted by Crippen LogP contribution is 2.42. The molecule has 1 aromatic carbocycles. The van der Waals surface area contributed by atoms with E-state index in [0.717, 1.165) is 12.8 Å². The van der Waals surface area contributed by atoms with E-state index >= 15 is 0 Å². The summed E-state index contributed by atoms with van der Waals surface area (Å²) in [5, 5.41) is 0. The molecule has 0 aromatic heterocycles. The van der Waals surface area contributed by atoms with Crippen molar-refractivity contribution in [2.75, 3.05) is 14.2 Å². The van der Waals surface area contributed by atoms with Gasteiger partial charge in [-0.1, -0.05) is 6.07 Å². The van der Waals surface area contributed by atoms with Crippen molar-refractivity contribution in [1.82, 2.24) is 0 Å². The molecule has 18 heavy (non-hydrogen) atoms. The molecule has 0 aliphatic heterocycles. The van der Waals surface area contributed by atoms with Gasteiger partial charge >= 0.3 is 0 Å². The Hall–Kier alpha value is -1.29. The van der Waals surface area contributed by atoms with Crippen LogP contribution in [0.15, 0.2) is 18.2 Å². The minimum Gasteiger partial charge on any atom is -0.493 e. The van der Waals surface area contributed by atoms with Crippen LogP contribution in [0.2, 0.25) is 0 Å². The van der Waals surface area contributed by atoms with E-state index in [0.29, 0.717) is 29.9 Å². The van der Waals surface area contributed by atoms with Gasteiger partial charge in [-0.25, -0.2) is 4.39 Å². The first kappa shape index (κ1) is 13.1. The molecule has 0 radical (unpaired) electrons. The molecule has 0 atom stereocenters. The molecule has 2 rings (SSSR count). The number of rotatable bonds is 3. The Morgan fingerprint density at radius 3 is 2.33 bits per heavy atom. The number of hydrogen-bond donors (Lipinski definition) is 1. The molecule has 1 aromatic rings. The lowest BCUT2D eigenvalue weighted by molar-refractivity contribution is 0.0975. The molecule has 4 heteroatoms. The molecule has 0 heterocycles. The van der Waals surface area contributed by atoms with Gasteiger partial charge in [-0.05, 0) is 43.4 Å². The summed E-state index contributed by atoms with van der Waals surface area (Å²) < 4.78 is 25.3. The van der Waals surface area contributed by atoms with Crippen LogP contribution in [0.4, 0.5) is 4.39 Å². The Labute approximate surface area is 107 Å². The molecule has 0 bridgehead atoms. The quantitative estimate of drug-likeness (QED) is 0.900. The average molecular weight is 253 g/mol. The standard InChI is InChI=1S/C14H20FNO2/c1-17-12-4-3-10(9-13(12)18-2)14(15)7-5-11(16)6-8-14/h3-4,9,11H,5-8,16H2,1-2H3. The first-order valence-corrected chi connectivity index (χ1v) is 6.26. The molecular formula is C14H20FNO2. The van der Waals surface area contributed by atoms with Crippen LogP contribution in [-0.2, 0) is 5.67 Å². The molecule has 0 saturated heterocycles. The molecule has 0 unspecified atom stereocenters. The van der Waals surface area contributed by atoms with E-state index in [-0.39, 0.29) is 6.04 Å². The van der Waals surface area contributed by atoms with E-state index in [1.165, 1.54) is 0 Å². The fourth-order valence-corrected chi connectivity index (χ4v) is 2.50. The number of hydrogen-bond acceptors (Lipinski definition) is 3. The number of nitrogens with two attached hydrogens (primary N) is 1. The summed E-state index contributed by atoms with van der Waals surface area (Å²) in [6.45, 7) is 0. The Bertz CT molecular complexity index is 414. The minimum atomic E-state index is -1.28. The zero-order chi connectivity index (χ0) is 13.2. The van der Waals surface area contributed by atoms with E-state index in [9.17, 15) is 4.39 Å². The molecular weight excluding hydrogens is 233 g/mol. The lowest BCUT2D eigenvalue weighted by atomic mass is 9.79. The predicted octanol–water partition coefficient (Wildman–Crippen LogP) is 2.77. The van der Waals surface area contributed by atoms with Crippen LogP contribution in [0.3, 0.4) is 0 Å². The highest BCUT2D eigenvalue weighted by atomic mass is 19.1. The molecule has 1 saturated carbocycles. The fraction of sp³-hybridized carbons (Fsp3) is 0.571. The molecule has 0 spiro atoms. The van der Waals surface area contributed by atoms with E-state index in [1.807, 2.05) is 0 Å². The van der Waals surface area contributed by atoms with Crippen LogP contribution in [0, 0.1) is 0 Å². The van der Waals surface area contributed by atoms with Crippen molar-refractivity contribution in [3.05, 3.63) is 23.8 Å². The second kappa shape index (κ2) is 5.14. The van der Waals surface area contributed by atoms with Gasteiger partial charge in [0.1, 0.15) is 5.67 Å². The summed E-state index contributed by atoms with van der Waals surface area (Å²) in [5.41, 5.74) is 5.20. The average Bonchev–Trinajstić information content (AvgIpc) is 2.41. The number of halogens is 1. The Morgan fingerprint density at radius 1 is 1.17 bits per heavy atom.